The summed E-state index contributed by atoms with van der Waals surface area (Å²) in [7, 11) is -2.85. The van der Waals surface area contributed by atoms with E-state index in [-0.39, 0.29) is 42.4 Å². The van der Waals surface area contributed by atoms with Crippen LogP contribution in [0.25, 0.3) is 0 Å². The second kappa shape index (κ2) is 9.99. The van der Waals surface area contributed by atoms with Crippen molar-refractivity contribution >= 4 is 27.6 Å². The summed E-state index contributed by atoms with van der Waals surface area (Å²) < 4.78 is 36.3. The average Bonchev–Trinajstić information content (AvgIpc) is 2.71. The summed E-state index contributed by atoms with van der Waals surface area (Å²) >= 11 is 0. The fourth-order valence-electron chi connectivity index (χ4n) is 2.84. The molecule has 1 aromatic rings. The van der Waals surface area contributed by atoms with Crippen molar-refractivity contribution in [3.05, 3.63) is 34.4 Å². The summed E-state index contributed by atoms with van der Waals surface area (Å²) in [5, 5.41) is 10.8. The van der Waals surface area contributed by atoms with Gasteiger partial charge in [-0.3, -0.25) is 14.9 Å². The lowest BCUT2D eigenvalue weighted by Gasteiger charge is -2.31. The van der Waals surface area contributed by atoms with Gasteiger partial charge in [-0.25, -0.2) is 13.2 Å². The summed E-state index contributed by atoms with van der Waals surface area (Å²) in [5.41, 5.74) is -0.224. The minimum absolute atomic E-state index is 0.0755. The van der Waals surface area contributed by atoms with Gasteiger partial charge in [-0.05, 0) is 25.0 Å². The van der Waals surface area contributed by atoms with Crippen LogP contribution in [-0.2, 0) is 24.3 Å². The van der Waals surface area contributed by atoms with Gasteiger partial charge in [0.25, 0.3) is 5.69 Å². The second-order valence-electron chi connectivity index (χ2n) is 6.17. The van der Waals surface area contributed by atoms with Crippen LogP contribution in [0.5, 0.6) is 0 Å². The smallest absolute Gasteiger partial charge is 0.438 e. The molecule has 0 spiro atoms. The van der Waals surface area contributed by atoms with Gasteiger partial charge in [-0.15, -0.1) is 0 Å². The first-order valence-corrected chi connectivity index (χ1v) is 10.1. The van der Waals surface area contributed by atoms with Crippen LogP contribution in [0.1, 0.15) is 25.7 Å². The predicted octanol–water partition coefficient (Wildman–Crippen LogP) is 1.88. The lowest BCUT2D eigenvalue weighted by Crippen LogP contribution is -2.42. The number of nitro groups is 1. The molecule has 2 rings (SSSR count). The molecule has 0 saturated heterocycles. The van der Waals surface area contributed by atoms with Crippen LogP contribution in [0.2, 0.25) is 0 Å². The van der Waals surface area contributed by atoms with Gasteiger partial charge in [0, 0.05) is 31.0 Å². The molecule has 1 aliphatic rings. The summed E-state index contributed by atoms with van der Waals surface area (Å²) in [6, 6.07) is 4.14. The van der Waals surface area contributed by atoms with E-state index in [9.17, 15) is 28.1 Å². The minimum Gasteiger partial charge on any atom is -0.438 e. The van der Waals surface area contributed by atoms with Gasteiger partial charge in [0.15, 0.2) is 6.61 Å². The van der Waals surface area contributed by atoms with Crippen molar-refractivity contribution in [1.29, 1.82) is 0 Å². The van der Waals surface area contributed by atoms with Gasteiger partial charge in [0.1, 0.15) is 5.78 Å². The highest BCUT2D eigenvalue weighted by Gasteiger charge is 2.33. The van der Waals surface area contributed by atoms with Gasteiger partial charge in [-0.2, -0.15) is 4.31 Å². The van der Waals surface area contributed by atoms with Crippen molar-refractivity contribution in [2.24, 2.45) is 0 Å². The molecule has 0 unspecified atom stereocenters. The SMILES string of the molecule is COC(=O)OCC#CCN(C1CCC(=O)CC1)S(=O)(=O)c1ccc([N+](=O)[O-])cc1. The van der Waals surface area contributed by atoms with Crippen LogP contribution in [0.3, 0.4) is 0 Å². The highest BCUT2D eigenvalue weighted by Crippen LogP contribution is 2.27. The molecule has 0 aromatic heterocycles. The molecular formula is C18H20N2O8S. The van der Waals surface area contributed by atoms with E-state index in [1.54, 1.807) is 0 Å². The van der Waals surface area contributed by atoms with E-state index < -0.39 is 27.1 Å². The number of ketones is 1. The topological polar surface area (TPSA) is 133 Å². The Balaban J connectivity index is 2.23. The molecule has 0 atom stereocenters. The molecule has 0 bridgehead atoms. The first-order chi connectivity index (χ1) is 13.8. The van der Waals surface area contributed by atoms with E-state index in [0.29, 0.717) is 12.8 Å². The number of ether oxygens (including phenoxy) is 2. The van der Waals surface area contributed by atoms with Crippen LogP contribution in [0, 0.1) is 22.0 Å². The van der Waals surface area contributed by atoms with E-state index >= 15 is 0 Å². The molecule has 0 amide bonds. The maximum Gasteiger partial charge on any atom is 0.508 e. The fraction of sp³-hybridized carbons (Fsp3) is 0.444. The molecule has 0 heterocycles. The standard InChI is InChI=1S/C18H20N2O8S/c1-27-18(22)28-13-3-2-12-19(14-4-8-16(21)9-5-14)29(25,26)17-10-6-15(7-11-17)20(23)24/h6-7,10-11,14H,4-5,8-9,12-13H2,1H3. The fourth-order valence-corrected chi connectivity index (χ4v) is 4.43. The summed E-state index contributed by atoms with van der Waals surface area (Å²) in [6.45, 7) is -0.441. The molecule has 1 aromatic carbocycles. The molecule has 1 aliphatic carbocycles. The van der Waals surface area contributed by atoms with Gasteiger partial charge >= 0.3 is 6.16 Å². The number of carbonyl (C=O) groups excluding carboxylic acids is 2. The maximum atomic E-state index is 13.1. The number of methoxy groups -OCH3 is 1. The van der Waals surface area contributed by atoms with Crippen molar-refractivity contribution in [2.75, 3.05) is 20.3 Å². The highest BCUT2D eigenvalue weighted by atomic mass is 32.2. The third kappa shape index (κ3) is 6.00. The van der Waals surface area contributed by atoms with Crippen molar-refractivity contribution in [1.82, 2.24) is 4.31 Å². The Hall–Kier alpha value is -2.97. The number of benzene rings is 1. The van der Waals surface area contributed by atoms with Gasteiger partial charge in [0.2, 0.25) is 10.0 Å². The van der Waals surface area contributed by atoms with Gasteiger partial charge in [0.05, 0.1) is 23.5 Å². The second-order valence-corrected chi connectivity index (χ2v) is 8.06. The van der Waals surface area contributed by atoms with Crippen molar-refractivity contribution < 1.29 is 32.4 Å². The molecule has 1 fully saturated rings. The van der Waals surface area contributed by atoms with Crippen LogP contribution in [0.15, 0.2) is 29.2 Å². The third-order valence-electron chi connectivity index (χ3n) is 4.36. The first-order valence-electron chi connectivity index (χ1n) is 8.70. The zero-order valence-electron chi connectivity index (χ0n) is 15.7. The number of carbonyl (C=O) groups is 2. The van der Waals surface area contributed by atoms with E-state index in [4.69, 9.17) is 0 Å². The Kier molecular flexibility index (Phi) is 7.69. The Morgan fingerprint density at radius 1 is 1.24 bits per heavy atom. The number of hydrogen-bond donors (Lipinski definition) is 0. The monoisotopic (exact) mass is 424 g/mol. The first kappa shape index (κ1) is 22.3. The largest absolute Gasteiger partial charge is 0.508 e. The predicted molar refractivity (Wildman–Crippen MR) is 100 cm³/mol. The molecule has 10 nitrogen and oxygen atoms in total. The van der Waals surface area contributed by atoms with Gasteiger partial charge < -0.3 is 9.47 Å². The maximum absolute atomic E-state index is 13.1. The Morgan fingerprint density at radius 2 is 1.86 bits per heavy atom. The Bertz CT molecular complexity index is 921. The van der Waals surface area contributed by atoms with Gasteiger partial charge in [-0.1, -0.05) is 11.8 Å². The number of Topliss-reactive ketones (excluding diaryl/α,β-unsaturated/α-hetero) is 1. The number of non-ortho nitro benzene ring substituents is 1. The normalized spacial score (nSPS) is 14.8. The van der Waals surface area contributed by atoms with E-state index in [2.05, 4.69) is 21.3 Å². The Morgan fingerprint density at radius 3 is 2.41 bits per heavy atom. The summed E-state index contributed by atoms with van der Waals surface area (Å²) in [5.74, 6) is 5.27. The van der Waals surface area contributed by atoms with Crippen molar-refractivity contribution in [3.63, 3.8) is 0 Å². The van der Waals surface area contributed by atoms with E-state index in [1.807, 2.05) is 0 Å². The molecule has 0 radical (unpaired) electrons. The summed E-state index contributed by atoms with van der Waals surface area (Å²) in [4.78, 5) is 32.5. The highest BCUT2D eigenvalue weighted by molar-refractivity contribution is 7.89. The van der Waals surface area contributed by atoms with Crippen molar-refractivity contribution in [3.8, 4) is 11.8 Å². The minimum atomic E-state index is -4.00. The zero-order valence-corrected chi connectivity index (χ0v) is 16.5. The average molecular weight is 424 g/mol. The van der Waals surface area contributed by atoms with Crippen molar-refractivity contribution in [2.45, 2.75) is 36.6 Å². The molecular weight excluding hydrogens is 404 g/mol. The lowest BCUT2D eigenvalue weighted by atomic mass is 9.94. The Labute approximate surface area is 168 Å². The quantitative estimate of drug-likeness (QED) is 0.292. The molecule has 156 valence electrons. The molecule has 1 saturated carbocycles. The molecule has 11 heteroatoms. The third-order valence-corrected chi connectivity index (χ3v) is 6.28. The van der Waals surface area contributed by atoms with Crippen LogP contribution >= 0.6 is 0 Å². The summed E-state index contributed by atoms with van der Waals surface area (Å²) in [6.07, 6.45) is 0.378. The molecule has 0 aliphatic heterocycles. The molecule has 0 N–H and O–H groups in total. The van der Waals surface area contributed by atoms with E-state index in [0.717, 1.165) is 19.2 Å². The number of sulfonamides is 1. The van der Waals surface area contributed by atoms with E-state index in [1.165, 1.54) is 16.4 Å². The zero-order chi connectivity index (χ0) is 21.4. The van der Waals surface area contributed by atoms with Crippen LogP contribution in [-0.4, -0.2) is 55.9 Å². The lowest BCUT2D eigenvalue weighted by molar-refractivity contribution is -0.384. The number of hydrogen-bond acceptors (Lipinski definition) is 8. The van der Waals surface area contributed by atoms with Crippen LogP contribution < -0.4 is 0 Å². The van der Waals surface area contributed by atoms with Crippen LogP contribution in [0.4, 0.5) is 10.5 Å². The number of nitro benzene ring substituents is 1. The number of rotatable bonds is 6. The number of nitrogens with zero attached hydrogens (tertiary/aromatic N) is 2. The molecule has 29 heavy (non-hydrogen) atoms.